The summed E-state index contributed by atoms with van der Waals surface area (Å²) in [5.41, 5.74) is 0.544. The van der Waals surface area contributed by atoms with Crippen LogP contribution in [0.15, 0.2) is 24.3 Å². The van der Waals surface area contributed by atoms with Crippen LogP contribution in [0.5, 0.6) is 5.75 Å². The first-order valence-corrected chi connectivity index (χ1v) is 5.95. The molecule has 1 aromatic rings. The summed E-state index contributed by atoms with van der Waals surface area (Å²) in [7, 11) is 0. The molecule has 1 fully saturated rings. The molecule has 3 heteroatoms. The highest BCUT2D eigenvalue weighted by Crippen LogP contribution is 2.29. The van der Waals surface area contributed by atoms with Crippen LogP contribution in [-0.2, 0) is 4.74 Å². The van der Waals surface area contributed by atoms with Crippen LogP contribution in [0.1, 0.15) is 37.0 Å². The van der Waals surface area contributed by atoms with Crippen molar-refractivity contribution in [3.8, 4) is 5.75 Å². The number of para-hydroxylation sites is 1. The van der Waals surface area contributed by atoms with Gasteiger partial charge in [0.15, 0.2) is 6.29 Å². The fourth-order valence-corrected chi connectivity index (χ4v) is 2.09. The molecule has 0 spiro atoms. The fourth-order valence-electron chi connectivity index (χ4n) is 2.09. The maximum Gasteiger partial charge on any atom is 0.153 e. The molecule has 0 amide bonds. The van der Waals surface area contributed by atoms with Gasteiger partial charge in [0.1, 0.15) is 12.4 Å². The summed E-state index contributed by atoms with van der Waals surface area (Å²) in [6.07, 6.45) is 3.01. The van der Waals surface area contributed by atoms with Crippen molar-refractivity contribution in [1.82, 2.24) is 0 Å². The van der Waals surface area contributed by atoms with Gasteiger partial charge in [-0.05, 0) is 38.8 Å². The summed E-state index contributed by atoms with van der Waals surface area (Å²) >= 11 is 0. The molecule has 0 saturated carbocycles. The Labute approximate surface area is 102 Å². The van der Waals surface area contributed by atoms with Gasteiger partial charge in [-0.1, -0.05) is 12.1 Å². The van der Waals surface area contributed by atoms with Crippen molar-refractivity contribution in [1.29, 1.82) is 0 Å². The predicted octanol–water partition coefficient (Wildman–Crippen LogP) is 2.84. The highest BCUT2D eigenvalue weighted by molar-refractivity contribution is 5.79. The molecule has 0 bridgehead atoms. The second kappa shape index (κ2) is 4.88. The minimum atomic E-state index is -0.0434. The number of carbonyl (C=O) groups is 1. The molecule has 1 aromatic carbocycles. The molecule has 0 aliphatic carbocycles. The van der Waals surface area contributed by atoms with Crippen molar-refractivity contribution in [2.45, 2.75) is 38.4 Å². The predicted molar refractivity (Wildman–Crippen MR) is 65.5 cm³/mol. The number of aldehydes is 1. The SMILES string of the molecule is CC1(C)CCC(COc2ccccc2C=O)O1. The zero-order valence-electron chi connectivity index (χ0n) is 10.3. The number of benzene rings is 1. The Kier molecular flexibility index (Phi) is 3.48. The van der Waals surface area contributed by atoms with Gasteiger partial charge < -0.3 is 9.47 Å². The third-order valence-electron chi connectivity index (χ3n) is 3.02. The van der Waals surface area contributed by atoms with E-state index in [2.05, 4.69) is 13.8 Å². The van der Waals surface area contributed by atoms with Gasteiger partial charge in [-0.15, -0.1) is 0 Å². The number of ether oxygens (including phenoxy) is 2. The molecule has 1 saturated heterocycles. The van der Waals surface area contributed by atoms with Crippen LogP contribution in [0.3, 0.4) is 0 Å². The van der Waals surface area contributed by atoms with E-state index in [-0.39, 0.29) is 11.7 Å². The summed E-state index contributed by atoms with van der Waals surface area (Å²) in [6.45, 7) is 4.69. The second-order valence-electron chi connectivity index (χ2n) is 5.00. The van der Waals surface area contributed by atoms with E-state index in [1.807, 2.05) is 18.2 Å². The Bertz CT molecular complexity index is 398. The van der Waals surface area contributed by atoms with Crippen LogP contribution >= 0.6 is 0 Å². The minimum absolute atomic E-state index is 0.0434. The van der Waals surface area contributed by atoms with Gasteiger partial charge in [0.05, 0.1) is 17.3 Å². The molecule has 1 aliphatic rings. The first-order valence-electron chi connectivity index (χ1n) is 5.95. The standard InChI is InChI=1S/C14H18O3/c1-14(2)8-7-12(17-14)10-16-13-6-4-3-5-11(13)9-15/h3-6,9,12H,7-8,10H2,1-2H3. The zero-order valence-corrected chi connectivity index (χ0v) is 10.3. The van der Waals surface area contributed by atoms with Gasteiger partial charge in [-0.2, -0.15) is 0 Å². The van der Waals surface area contributed by atoms with E-state index in [1.54, 1.807) is 6.07 Å². The lowest BCUT2D eigenvalue weighted by atomic mass is 10.1. The van der Waals surface area contributed by atoms with Crippen LogP contribution < -0.4 is 4.74 Å². The Balaban J connectivity index is 1.92. The number of hydrogen-bond acceptors (Lipinski definition) is 3. The molecule has 1 heterocycles. The maximum atomic E-state index is 10.8. The van der Waals surface area contributed by atoms with Gasteiger partial charge in [0.2, 0.25) is 0 Å². The highest BCUT2D eigenvalue weighted by Gasteiger charge is 2.31. The molecule has 17 heavy (non-hydrogen) atoms. The normalized spacial score (nSPS) is 22.4. The van der Waals surface area contributed by atoms with Gasteiger partial charge in [0.25, 0.3) is 0 Å². The summed E-state index contributed by atoms with van der Waals surface area (Å²) in [6, 6.07) is 7.25. The summed E-state index contributed by atoms with van der Waals surface area (Å²) in [5.74, 6) is 0.635. The van der Waals surface area contributed by atoms with Crippen molar-refractivity contribution in [2.24, 2.45) is 0 Å². The van der Waals surface area contributed by atoms with Crippen molar-refractivity contribution in [3.05, 3.63) is 29.8 Å². The van der Waals surface area contributed by atoms with Gasteiger partial charge in [0, 0.05) is 0 Å². The monoisotopic (exact) mass is 234 g/mol. The summed E-state index contributed by atoms with van der Waals surface area (Å²) in [4.78, 5) is 10.8. The number of carbonyl (C=O) groups excluding carboxylic acids is 1. The molecule has 1 atom stereocenters. The molecule has 92 valence electrons. The van der Waals surface area contributed by atoms with Gasteiger partial charge >= 0.3 is 0 Å². The van der Waals surface area contributed by atoms with Gasteiger partial charge in [-0.3, -0.25) is 4.79 Å². The minimum Gasteiger partial charge on any atom is -0.490 e. The largest absolute Gasteiger partial charge is 0.490 e. The van der Waals surface area contributed by atoms with Crippen LogP contribution in [-0.4, -0.2) is 24.6 Å². The van der Waals surface area contributed by atoms with E-state index in [9.17, 15) is 4.79 Å². The first-order chi connectivity index (χ1) is 8.11. The second-order valence-corrected chi connectivity index (χ2v) is 5.00. The van der Waals surface area contributed by atoms with E-state index in [0.29, 0.717) is 17.9 Å². The van der Waals surface area contributed by atoms with E-state index in [4.69, 9.17) is 9.47 Å². The summed E-state index contributed by atoms with van der Waals surface area (Å²) in [5, 5.41) is 0. The summed E-state index contributed by atoms with van der Waals surface area (Å²) < 4.78 is 11.5. The van der Waals surface area contributed by atoms with Crippen LogP contribution in [0.2, 0.25) is 0 Å². The lowest BCUT2D eigenvalue weighted by molar-refractivity contribution is -0.0327. The van der Waals surface area contributed by atoms with Crippen molar-refractivity contribution >= 4 is 6.29 Å². The molecule has 1 unspecified atom stereocenters. The lowest BCUT2D eigenvalue weighted by Gasteiger charge is -2.19. The molecule has 0 radical (unpaired) electrons. The molecular weight excluding hydrogens is 216 g/mol. The Morgan fingerprint density at radius 2 is 2.24 bits per heavy atom. The van der Waals surface area contributed by atoms with Crippen molar-refractivity contribution in [2.75, 3.05) is 6.61 Å². The smallest absolute Gasteiger partial charge is 0.153 e. The van der Waals surface area contributed by atoms with E-state index in [1.165, 1.54) is 0 Å². The average molecular weight is 234 g/mol. The fraction of sp³-hybridized carbons (Fsp3) is 0.500. The topological polar surface area (TPSA) is 35.5 Å². The Morgan fingerprint density at radius 1 is 1.47 bits per heavy atom. The number of hydrogen-bond donors (Lipinski definition) is 0. The molecule has 0 aromatic heterocycles. The quantitative estimate of drug-likeness (QED) is 0.751. The van der Waals surface area contributed by atoms with E-state index in [0.717, 1.165) is 19.1 Å². The highest BCUT2D eigenvalue weighted by atomic mass is 16.6. The first kappa shape index (κ1) is 12.1. The molecular formula is C14H18O3. The van der Waals surface area contributed by atoms with Crippen LogP contribution in [0.25, 0.3) is 0 Å². The Morgan fingerprint density at radius 3 is 2.88 bits per heavy atom. The maximum absolute atomic E-state index is 10.8. The zero-order chi connectivity index (χ0) is 12.3. The lowest BCUT2D eigenvalue weighted by Crippen LogP contribution is -2.24. The molecule has 0 N–H and O–H groups in total. The van der Waals surface area contributed by atoms with E-state index >= 15 is 0 Å². The molecule has 2 rings (SSSR count). The molecule has 1 aliphatic heterocycles. The van der Waals surface area contributed by atoms with Gasteiger partial charge in [-0.25, -0.2) is 0 Å². The van der Waals surface area contributed by atoms with Crippen LogP contribution in [0.4, 0.5) is 0 Å². The number of rotatable bonds is 4. The van der Waals surface area contributed by atoms with Crippen molar-refractivity contribution in [3.63, 3.8) is 0 Å². The average Bonchev–Trinajstić information content (AvgIpc) is 2.67. The Hall–Kier alpha value is -1.35. The van der Waals surface area contributed by atoms with Crippen molar-refractivity contribution < 1.29 is 14.3 Å². The van der Waals surface area contributed by atoms with Crippen LogP contribution in [0, 0.1) is 0 Å². The molecule has 3 nitrogen and oxygen atoms in total. The third kappa shape index (κ3) is 3.07. The third-order valence-corrected chi connectivity index (χ3v) is 3.02. The van der Waals surface area contributed by atoms with E-state index < -0.39 is 0 Å².